The van der Waals surface area contributed by atoms with Crippen molar-refractivity contribution in [2.45, 2.75) is 42.8 Å². The summed E-state index contributed by atoms with van der Waals surface area (Å²) in [4.78, 5) is 25.4. The van der Waals surface area contributed by atoms with E-state index in [1.807, 2.05) is 0 Å². The van der Waals surface area contributed by atoms with Crippen LogP contribution in [-0.4, -0.2) is 76.5 Å². The Hall–Kier alpha value is -2.34. The largest absolute Gasteiger partial charge is 0.669 e. The molecular weight excluding hydrogens is 381 g/mol. The number of benzene rings is 1. The summed E-state index contributed by atoms with van der Waals surface area (Å²) in [6, 6.07) is 3.25. The van der Waals surface area contributed by atoms with Gasteiger partial charge in [0.15, 0.2) is 0 Å². The maximum Gasteiger partial charge on any atom is 0.434 e. The number of hydrogen-bond acceptors (Lipinski definition) is 8. The molecule has 0 aromatic heterocycles. The van der Waals surface area contributed by atoms with Crippen LogP contribution in [0.2, 0.25) is 5.82 Å². The van der Waals surface area contributed by atoms with Crippen LogP contribution in [0.3, 0.4) is 0 Å². The number of carbonyl (C=O) groups excluding carboxylic acids is 1. The number of carbonyl (C=O) groups is 2. The Bertz CT molecular complexity index is 888. The zero-order valence-electron chi connectivity index (χ0n) is 15.7. The molecule has 1 aromatic rings. The lowest BCUT2D eigenvalue weighted by molar-refractivity contribution is -0.119. The lowest BCUT2D eigenvalue weighted by atomic mass is 9.68. The van der Waals surface area contributed by atoms with Gasteiger partial charge in [0.05, 0.1) is 11.8 Å². The topological polar surface area (TPSA) is 155 Å². The first-order chi connectivity index (χ1) is 13.7. The second kappa shape index (κ2) is 6.33. The van der Waals surface area contributed by atoms with E-state index in [-0.39, 0.29) is 52.9 Å². The van der Waals surface area contributed by atoms with Crippen LogP contribution >= 0.6 is 0 Å². The number of rotatable bonds is 5. The fourth-order valence-corrected chi connectivity index (χ4v) is 4.85. The Morgan fingerprint density at radius 3 is 2.69 bits per heavy atom. The molecule has 1 amide bonds. The molecule has 0 radical (unpaired) electrons. The molecule has 10 nitrogen and oxygen atoms in total. The van der Waals surface area contributed by atoms with Crippen LogP contribution in [-0.2, 0) is 4.79 Å². The minimum atomic E-state index is -3.06. The minimum absolute atomic E-state index is 0.000720. The molecular formula is C18H23BN3O7-. The van der Waals surface area contributed by atoms with E-state index in [4.69, 9.17) is 15.1 Å². The molecule has 156 valence electrons. The van der Waals surface area contributed by atoms with Crippen LogP contribution in [0.4, 0.5) is 0 Å². The highest BCUT2D eigenvalue weighted by Crippen LogP contribution is 2.63. The first-order valence-corrected chi connectivity index (χ1v) is 9.86. The number of carboxylic acids is 1. The third-order valence-electron chi connectivity index (χ3n) is 6.59. The third-order valence-corrected chi connectivity index (χ3v) is 6.59. The molecule has 29 heavy (non-hydrogen) atoms. The number of primary amides is 1. The van der Waals surface area contributed by atoms with Crippen molar-refractivity contribution in [2.75, 3.05) is 19.6 Å². The third kappa shape index (κ3) is 3.05. The monoisotopic (exact) mass is 404 g/mol. The molecule has 0 unspecified atom stereocenters. The van der Waals surface area contributed by atoms with Crippen LogP contribution in [0, 0.1) is 0 Å². The molecule has 4 aliphatic rings. The second-order valence-electron chi connectivity index (χ2n) is 8.49. The Labute approximate surface area is 166 Å². The molecule has 1 aliphatic carbocycles. The van der Waals surface area contributed by atoms with Crippen LogP contribution in [0.1, 0.15) is 34.7 Å². The molecule has 1 saturated carbocycles. The van der Waals surface area contributed by atoms with Crippen molar-refractivity contribution < 1.29 is 34.1 Å². The van der Waals surface area contributed by atoms with Gasteiger partial charge >= 0.3 is 12.7 Å². The normalized spacial score (nSPS) is 32.5. The van der Waals surface area contributed by atoms with Gasteiger partial charge in [-0.3, -0.25) is 9.69 Å². The van der Waals surface area contributed by atoms with Gasteiger partial charge in [0, 0.05) is 25.7 Å². The average Bonchev–Trinajstić information content (AvgIpc) is 3.28. The van der Waals surface area contributed by atoms with Crippen molar-refractivity contribution >= 4 is 18.6 Å². The molecule has 5 rings (SSSR count). The van der Waals surface area contributed by atoms with Gasteiger partial charge in [-0.15, -0.1) is 0 Å². The molecule has 0 spiro atoms. The Balaban J connectivity index is 1.30. The molecule has 4 atom stereocenters. The van der Waals surface area contributed by atoms with E-state index in [0.29, 0.717) is 38.0 Å². The summed E-state index contributed by atoms with van der Waals surface area (Å²) in [6.45, 7) is -1.18. The number of ether oxygens (including phenoxy) is 1. The predicted molar refractivity (Wildman–Crippen MR) is 101 cm³/mol. The first-order valence-electron chi connectivity index (χ1n) is 9.86. The number of fused-ring (bicyclic) bond motifs is 3. The molecule has 6 N–H and O–H groups in total. The van der Waals surface area contributed by atoms with Crippen molar-refractivity contribution in [1.29, 1.82) is 0 Å². The van der Waals surface area contributed by atoms with E-state index in [0.717, 1.165) is 0 Å². The summed E-state index contributed by atoms with van der Waals surface area (Å²) in [5, 5.41) is 33.0. The minimum Gasteiger partial charge on any atom is -0.669 e. The number of nitrogens with two attached hydrogens (primary N) is 1. The van der Waals surface area contributed by atoms with E-state index in [1.165, 1.54) is 0 Å². The zero-order chi connectivity index (χ0) is 20.5. The molecule has 3 fully saturated rings. The summed E-state index contributed by atoms with van der Waals surface area (Å²) in [5.74, 6) is -1.90. The number of nitrogens with zero attached hydrogens (tertiary/aromatic N) is 1. The summed E-state index contributed by atoms with van der Waals surface area (Å²) < 4.78 is 11.2. The second-order valence-corrected chi connectivity index (χ2v) is 8.49. The van der Waals surface area contributed by atoms with Crippen LogP contribution < -0.4 is 20.4 Å². The van der Waals surface area contributed by atoms with Crippen molar-refractivity contribution in [1.82, 2.24) is 10.2 Å². The van der Waals surface area contributed by atoms with E-state index in [2.05, 4.69) is 10.2 Å². The summed E-state index contributed by atoms with van der Waals surface area (Å²) in [6.07, 6.45) is 1.02. The summed E-state index contributed by atoms with van der Waals surface area (Å²) in [5.41, 5.74) is 5.85. The maximum atomic E-state index is 11.9. The van der Waals surface area contributed by atoms with Crippen LogP contribution in [0.5, 0.6) is 11.5 Å². The fourth-order valence-electron chi connectivity index (χ4n) is 4.85. The van der Waals surface area contributed by atoms with Gasteiger partial charge in [-0.25, -0.2) is 4.79 Å². The smallest absolute Gasteiger partial charge is 0.434 e. The summed E-state index contributed by atoms with van der Waals surface area (Å²) in [7, 11) is 0. The van der Waals surface area contributed by atoms with E-state index >= 15 is 0 Å². The van der Waals surface area contributed by atoms with E-state index in [1.54, 1.807) is 12.1 Å². The van der Waals surface area contributed by atoms with Gasteiger partial charge in [0.2, 0.25) is 5.91 Å². The predicted octanol–water partition coefficient (Wildman–Crippen LogP) is -1.16. The highest BCUT2D eigenvalue weighted by Gasteiger charge is 2.55. The van der Waals surface area contributed by atoms with Crippen molar-refractivity contribution in [3.05, 3.63) is 23.3 Å². The molecule has 3 heterocycles. The van der Waals surface area contributed by atoms with Gasteiger partial charge in [-0.2, -0.15) is 0 Å². The summed E-state index contributed by atoms with van der Waals surface area (Å²) >= 11 is 0. The van der Waals surface area contributed by atoms with Gasteiger partial charge in [0.25, 0.3) is 0 Å². The van der Waals surface area contributed by atoms with Crippen molar-refractivity contribution in [2.24, 2.45) is 5.73 Å². The number of carboxylic acid groups (broad SMARTS) is 1. The van der Waals surface area contributed by atoms with Gasteiger partial charge in [-0.05, 0) is 24.0 Å². The van der Waals surface area contributed by atoms with Crippen molar-refractivity contribution in [3.8, 4) is 11.5 Å². The number of nitrogens with one attached hydrogen (secondary N) is 1. The van der Waals surface area contributed by atoms with Gasteiger partial charge in [-0.1, -0.05) is 18.3 Å². The van der Waals surface area contributed by atoms with Gasteiger partial charge < -0.3 is 35.6 Å². The Kier molecular flexibility index (Phi) is 4.08. The lowest BCUT2D eigenvalue weighted by Gasteiger charge is -2.43. The lowest BCUT2D eigenvalue weighted by Crippen LogP contribution is -2.58. The highest BCUT2D eigenvalue weighted by atomic mass is 16.6. The average molecular weight is 404 g/mol. The van der Waals surface area contributed by atoms with Crippen LogP contribution in [0.25, 0.3) is 0 Å². The van der Waals surface area contributed by atoms with Crippen molar-refractivity contribution in [3.63, 3.8) is 0 Å². The Morgan fingerprint density at radius 2 is 2.03 bits per heavy atom. The quantitative estimate of drug-likeness (QED) is 0.382. The standard InChI is InChI=1S/C18H23BN3O7/c20-17(23)13-3-8(5-21-13)22-6-9(7-22)28-14-2-1-10-11-4-12(11)19(26,27)29-16(10)15(14)18(24)25/h1-2,8-9,11-13,21,26-27H,3-7H2,(H2,20,23)(H,24,25)/q-1/t8-,11-,12-,13-/m1/s1. The molecule has 3 aliphatic heterocycles. The number of amides is 1. The molecule has 1 aromatic carbocycles. The maximum absolute atomic E-state index is 11.9. The van der Waals surface area contributed by atoms with E-state index < -0.39 is 12.7 Å². The molecule has 2 saturated heterocycles. The van der Waals surface area contributed by atoms with E-state index in [9.17, 15) is 24.7 Å². The van der Waals surface area contributed by atoms with Crippen LogP contribution in [0.15, 0.2) is 12.1 Å². The SMILES string of the molecule is NC(=O)[C@H]1C[C@@H](N2CC(Oc3ccc4c(c3C(=O)O)O[B-](O)(O)[C@@H]3C[C@H]43)C2)CN1. The number of hydrogen-bond donors (Lipinski definition) is 5. The number of aromatic carboxylic acids is 1. The highest BCUT2D eigenvalue weighted by molar-refractivity contribution is 6.62. The molecule has 11 heteroatoms. The fraction of sp³-hybridized carbons (Fsp3) is 0.556. The zero-order valence-corrected chi connectivity index (χ0v) is 15.7. The first kappa shape index (κ1) is 18.7. The van der Waals surface area contributed by atoms with Gasteiger partial charge in [0.1, 0.15) is 17.4 Å². The Morgan fingerprint density at radius 1 is 1.28 bits per heavy atom. The number of likely N-dealkylation sites (tertiary alicyclic amines) is 1. The molecule has 0 bridgehead atoms.